The van der Waals surface area contributed by atoms with Crippen LogP contribution < -0.4 is 0 Å². The monoisotopic (exact) mass is 227 g/mol. The highest BCUT2D eigenvalue weighted by Crippen LogP contribution is 2.15. The second-order valence-electron chi connectivity index (χ2n) is 3.96. The number of nitrogens with zero attached hydrogens (tertiary/aromatic N) is 3. The minimum absolute atomic E-state index is 0.650. The number of hydrogen-bond acceptors (Lipinski definition) is 3. The van der Waals surface area contributed by atoms with Gasteiger partial charge in [-0.1, -0.05) is 30.3 Å². The van der Waals surface area contributed by atoms with Gasteiger partial charge in [-0.15, -0.1) is 0 Å². The van der Waals surface area contributed by atoms with Gasteiger partial charge in [0, 0.05) is 18.1 Å². The van der Waals surface area contributed by atoms with Gasteiger partial charge in [-0.3, -0.25) is 0 Å². The van der Waals surface area contributed by atoms with E-state index in [1.54, 1.807) is 0 Å². The van der Waals surface area contributed by atoms with Gasteiger partial charge in [0.05, 0.1) is 6.54 Å². The van der Waals surface area contributed by atoms with Crippen LogP contribution in [0.4, 0.5) is 0 Å². The summed E-state index contributed by atoms with van der Waals surface area (Å²) >= 11 is 0. The third-order valence-electron chi connectivity index (χ3n) is 2.80. The summed E-state index contributed by atoms with van der Waals surface area (Å²) in [5.74, 6) is 1.42. The van der Waals surface area contributed by atoms with Crippen molar-refractivity contribution in [2.24, 2.45) is 0 Å². The summed E-state index contributed by atoms with van der Waals surface area (Å²) < 4.78 is 7.22. The van der Waals surface area contributed by atoms with Crippen molar-refractivity contribution in [1.82, 2.24) is 14.7 Å². The summed E-state index contributed by atoms with van der Waals surface area (Å²) in [6, 6.07) is 10.4. The summed E-state index contributed by atoms with van der Waals surface area (Å²) in [5.41, 5.74) is 1.19. The Morgan fingerprint density at radius 2 is 2.12 bits per heavy atom. The summed E-state index contributed by atoms with van der Waals surface area (Å²) in [4.78, 5) is 4.31. The average molecular weight is 227 g/mol. The van der Waals surface area contributed by atoms with Crippen molar-refractivity contribution >= 4 is 10.9 Å². The zero-order valence-electron chi connectivity index (χ0n) is 9.63. The molecule has 0 aliphatic rings. The maximum atomic E-state index is 5.10. The van der Waals surface area contributed by atoms with Crippen molar-refractivity contribution < 1.29 is 4.52 Å². The topological polar surface area (TPSA) is 43.9 Å². The zero-order valence-corrected chi connectivity index (χ0v) is 9.63. The maximum absolute atomic E-state index is 5.10. The van der Waals surface area contributed by atoms with Crippen molar-refractivity contribution in [3.63, 3.8) is 0 Å². The van der Waals surface area contributed by atoms with Crippen LogP contribution in [0.3, 0.4) is 0 Å². The molecule has 2 aromatic heterocycles. The lowest BCUT2D eigenvalue weighted by Gasteiger charge is -2.00. The SMILES string of the molecule is CCc1nc(Cn2ccc3ccccc32)no1. The van der Waals surface area contributed by atoms with Gasteiger partial charge in [-0.05, 0) is 17.5 Å². The molecule has 0 unspecified atom stereocenters. The molecule has 17 heavy (non-hydrogen) atoms. The molecule has 0 saturated heterocycles. The molecule has 1 aromatic carbocycles. The van der Waals surface area contributed by atoms with E-state index in [4.69, 9.17) is 4.52 Å². The standard InChI is InChI=1S/C13H13N3O/c1-2-13-14-12(15-17-13)9-16-8-7-10-5-3-4-6-11(10)16/h3-8H,2,9H2,1H3. The second kappa shape index (κ2) is 4.05. The molecule has 0 spiro atoms. The fraction of sp³-hybridized carbons (Fsp3) is 0.231. The molecule has 0 saturated carbocycles. The Morgan fingerprint density at radius 1 is 1.24 bits per heavy atom. The van der Waals surface area contributed by atoms with Crippen molar-refractivity contribution in [2.75, 3.05) is 0 Å². The molecule has 0 aliphatic heterocycles. The molecule has 4 nitrogen and oxygen atoms in total. The van der Waals surface area contributed by atoms with Gasteiger partial charge in [0.1, 0.15) is 0 Å². The fourth-order valence-corrected chi connectivity index (χ4v) is 1.93. The first-order chi connectivity index (χ1) is 8.36. The Labute approximate surface area is 98.9 Å². The van der Waals surface area contributed by atoms with Gasteiger partial charge < -0.3 is 9.09 Å². The summed E-state index contributed by atoms with van der Waals surface area (Å²) in [6.07, 6.45) is 2.83. The minimum Gasteiger partial charge on any atom is -0.340 e. The third kappa shape index (κ3) is 1.82. The quantitative estimate of drug-likeness (QED) is 0.690. The largest absolute Gasteiger partial charge is 0.340 e. The molecule has 3 aromatic rings. The minimum atomic E-state index is 0.650. The molecule has 0 N–H and O–H groups in total. The first-order valence-corrected chi connectivity index (χ1v) is 5.72. The van der Waals surface area contributed by atoms with E-state index in [0.717, 1.165) is 12.2 Å². The lowest BCUT2D eigenvalue weighted by Crippen LogP contribution is -1.99. The van der Waals surface area contributed by atoms with Gasteiger partial charge in [-0.2, -0.15) is 4.98 Å². The Hall–Kier alpha value is -2.10. The van der Waals surface area contributed by atoms with Crippen LogP contribution in [-0.4, -0.2) is 14.7 Å². The molecule has 0 amide bonds. The van der Waals surface area contributed by atoms with Gasteiger partial charge in [-0.25, -0.2) is 0 Å². The van der Waals surface area contributed by atoms with E-state index in [1.807, 2.05) is 25.3 Å². The molecule has 0 fully saturated rings. The molecular formula is C13H13N3O. The maximum Gasteiger partial charge on any atom is 0.226 e. The Kier molecular flexibility index (Phi) is 2.40. The van der Waals surface area contributed by atoms with E-state index in [-0.39, 0.29) is 0 Å². The first-order valence-electron chi connectivity index (χ1n) is 5.72. The molecule has 0 radical (unpaired) electrons. The van der Waals surface area contributed by atoms with E-state index < -0.39 is 0 Å². The summed E-state index contributed by atoms with van der Waals surface area (Å²) in [6.45, 7) is 2.65. The van der Waals surface area contributed by atoms with Crippen LogP contribution in [0.2, 0.25) is 0 Å². The lowest BCUT2D eigenvalue weighted by molar-refractivity contribution is 0.375. The van der Waals surface area contributed by atoms with Gasteiger partial charge in [0.25, 0.3) is 0 Å². The van der Waals surface area contributed by atoms with Crippen molar-refractivity contribution in [1.29, 1.82) is 0 Å². The summed E-state index contributed by atoms with van der Waals surface area (Å²) in [5, 5.41) is 5.19. The predicted octanol–water partition coefficient (Wildman–Crippen LogP) is 2.64. The number of fused-ring (bicyclic) bond motifs is 1. The molecule has 0 atom stereocenters. The normalized spacial score (nSPS) is 11.1. The van der Waals surface area contributed by atoms with Crippen LogP contribution >= 0.6 is 0 Å². The number of para-hydroxylation sites is 1. The molecule has 86 valence electrons. The van der Waals surface area contributed by atoms with Gasteiger partial charge >= 0.3 is 0 Å². The van der Waals surface area contributed by atoms with Crippen LogP contribution in [0.25, 0.3) is 10.9 Å². The molecule has 2 heterocycles. The lowest BCUT2D eigenvalue weighted by atomic mass is 10.2. The molecule has 4 heteroatoms. The van der Waals surface area contributed by atoms with Gasteiger partial charge in [0.2, 0.25) is 5.89 Å². The van der Waals surface area contributed by atoms with E-state index in [0.29, 0.717) is 12.4 Å². The predicted molar refractivity (Wildman–Crippen MR) is 64.7 cm³/mol. The van der Waals surface area contributed by atoms with Crippen molar-refractivity contribution in [2.45, 2.75) is 19.9 Å². The first kappa shape index (κ1) is 10.1. The fourth-order valence-electron chi connectivity index (χ4n) is 1.93. The van der Waals surface area contributed by atoms with E-state index in [9.17, 15) is 0 Å². The smallest absolute Gasteiger partial charge is 0.226 e. The van der Waals surface area contributed by atoms with Crippen LogP contribution in [0.5, 0.6) is 0 Å². The number of benzene rings is 1. The molecule has 3 rings (SSSR count). The molecule has 0 bridgehead atoms. The highest BCUT2D eigenvalue weighted by atomic mass is 16.5. The van der Waals surface area contributed by atoms with Crippen LogP contribution in [0.1, 0.15) is 18.6 Å². The highest BCUT2D eigenvalue weighted by Gasteiger charge is 2.06. The van der Waals surface area contributed by atoms with Gasteiger partial charge in [0.15, 0.2) is 5.82 Å². The molecule has 0 aliphatic carbocycles. The van der Waals surface area contributed by atoms with Crippen LogP contribution in [0, 0.1) is 0 Å². The third-order valence-corrected chi connectivity index (χ3v) is 2.80. The van der Waals surface area contributed by atoms with Crippen LogP contribution in [-0.2, 0) is 13.0 Å². The second-order valence-corrected chi connectivity index (χ2v) is 3.96. The Bertz CT molecular complexity index is 639. The zero-order chi connectivity index (χ0) is 11.7. The van der Waals surface area contributed by atoms with E-state index in [1.165, 1.54) is 10.9 Å². The summed E-state index contributed by atoms with van der Waals surface area (Å²) in [7, 11) is 0. The Morgan fingerprint density at radius 3 is 2.94 bits per heavy atom. The Balaban J connectivity index is 1.94. The van der Waals surface area contributed by atoms with Crippen LogP contribution in [0.15, 0.2) is 41.1 Å². The number of aryl methyl sites for hydroxylation is 1. The molecular weight excluding hydrogens is 214 g/mol. The van der Waals surface area contributed by atoms with E-state index in [2.05, 4.69) is 32.9 Å². The average Bonchev–Trinajstić information content (AvgIpc) is 2.97. The van der Waals surface area contributed by atoms with Crippen molar-refractivity contribution in [3.8, 4) is 0 Å². The number of rotatable bonds is 3. The number of aromatic nitrogens is 3. The van der Waals surface area contributed by atoms with E-state index >= 15 is 0 Å². The number of hydrogen-bond donors (Lipinski definition) is 0. The van der Waals surface area contributed by atoms with Crippen molar-refractivity contribution in [3.05, 3.63) is 48.2 Å². The highest BCUT2D eigenvalue weighted by molar-refractivity contribution is 5.79.